The number of benzene rings is 3. The van der Waals surface area contributed by atoms with Crippen molar-refractivity contribution in [1.29, 1.82) is 0 Å². The van der Waals surface area contributed by atoms with Crippen molar-refractivity contribution in [1.82, 2.24) is 9.78 Å². The molecular formula is C26H23Cl2N3O2. The molecule has 0 unspecified atom stereocenters. The van der Waals surface area contributed by atoms with Crippen LogP contribution in [-0.2, 0) is 13.2 Å². The number of amides is 1. The molecule has 5 nitrogen and oxygen atoms in total. The smallest absolute Gasteiger partial charge is 0.256 e. The van der Waals surface area contributed by atoms with Crippen LogP contribution < -0.4 is 10.1 Å². The molecule has 33 heavy (non-hydrogen) atoms. The molecule has 1 heterocycles. The van der Waals surface area contributed by atoms with Gasteiger partial charge in [0.15, 0.2) is 5.82 Å². The van der Waals surface area contributed by atoms with Crippen LogP contribution in [0.25, 0.3) is 0 Å². The van der Waals surface area contributed by atoms with Crippen molar-refractivity contribution < 1.29 is 9.53 Å². The largest absolute Gasteiger partial charge is 0.487 e. The minimum absolute atomic E-state index is 0.225. The van der Waals surface area contributed by atoms with Gasteiger partial charge in [0.2, 0.25) is 0 Å². The van der Waals surface area contributed by atoms with Crippen LogP contribution in [0.3, 0.4) is 0 Å². The Hall–Kier alpha value is -3.28. The molecule has 7 heteroatoms. The summed E-state index contributed by atoms with van der Waals surface area (Å²) in [7, 11) is 0. The lowest BCUT2D eigenvalue weighted by atomic mass is 10.1. The molecule has 0 saturated heterocycles. The molecule has 0 fully saturated rings. The second kappa shape index (κ2) is 10.1. The first-order valence-corrected chi connectivity index (χ1v) is 11.2. The zero-order valence-corrected chi connectivity index (χ0v) is 19.8. The molecule has 1 aromatic heterocycles. The van der Waals surface area contributed by atoms with Crippen molar-refractivity contribution in [3.8, 4) is 5.75 Å². The molecule has 0 aliphatic heterocycles. The van der Waals surface area contributed by atoms with E-state index in [4.69, 9.17) is 27.9 Å². The molecule has 0 bridgehead atoms. The molecule has 0 saturated carbocycles. The summed E-state index contributed by atoms with van der Waals surface area (Å²) in [6.07, 6.45) is 0. The van der Waals surface area contributed by atoms with Crippen LogP contribution in [0, 0.1) is 13.8 Å². The van der Waals surface area contributed by atoms with Crippen LogP contribution in [0.15, 0.2) is 72.8 Å². The molecule has 0 aliphatic carbocycles. The van der Waals surface area contributed by atoms with Gasteiger partial charge >= 0.3 is 0 Å². The first-order chi connectivity index (χ1) is 15.9. The summed E-state index contributed by atoms with van der Waals surface area (Å²) in [5.41, 5.74) is 4.52. The van der Waals surface area contributed by atoms with E-state index in [9.17, 15) is 4.79 Å². The zero-order valence-electron chi connectivity index (χ0n) is 18.3. The lowest BCUT2D eigenvalue weighted by Crippen LogP contribution is -2.13. The Labute approximate surface area is 202 Å². The van der Waals surface area contributed by atoms with Gasteiger partial charge in [-0.25, -0.2) is 0 Å². The van der Waals surface area contributed by atoms with Gasteiger partial charge in [-0.15, -0.1) is 0 Å². The van der Waals surface area contributed by atoms with E-state index in [1.165, 1.54) is 0 Å². The zero-order chi connectivity index (χ0) is 23.4. The molecule has 0 atom stereocenters. The van der Waals surface area contributed by atoms with E-state index < -0.39 is 0 Å². The lowest BCUT2D eigenvalue weighted by molar-refractivity contribution is 0.102. The Kier molecular flexibility index (Phi) is 7.02. The number of aryl methyl sites for hydroxylation is 2. The highest BCUT2D eigenvalue weighted by molar-refractivity contribution is 6.32. The van der Waals surface area contributed by atoms with Gasteiger partial charge in [0.25, 0.3) is 5.91 Å². The third-order valence-electron chi connectivity index (χ3n) is 5.14. The summed E-state index contributed by atoms with van der Waals surface area (Å²) in [5, 5.41) is 8.62. The first kappa shape index (κ1) is 22.9. The molecule has 0 radical (unpaired) electrons. The first-order valence-electron chi connectivity index (χ1n) is 10.5. The van der Waals surface area contributed by atoms with E-state index in [2.05, 4.69) is 10.4 Å². The summed E-state index contributed by atoms with van der Waals surface area (Å²) in [5.74, 6) is 0.917. The second-order valence-corrected chi connectivity index (χ2v) is 8.68. The van der Waals surface area contributed by atoms with Crippen molar-refractivity contribution in [2.24, 2.45) is 0 Å². The van der Waals surface area contributed by atoms with Gasteiger partial charge in [0.05, 0.1) is 11.6 Å². The number of halogens is 2. The van der Waals surface area contributed by atoms with Crippen molar-refractivity contribution in [2.45, 2.75) is 27.0 Å². The highest BCUT2D eigenvalue weighted by atomic mass is 35.5. The number of nitrogens with zero attached hydrogens (tertiary/aromatic N) is 2. The predicted molar refractivity (Wildman–Crippen MR) is 132 cm³/mol. The molecule has 4 rings (SSSR count). The minimum atomic E-state index is -0.225. The van der Waals surface area contributed by atoms with E-state index in [1.807, 2.05) is 79.2 Å². The van der Waals surface area contributed by atoms with E-state index in [0.717, 1.165) is 22.4 Å². The molecule has 3 aromatic carbocycles. The number of nitrogens with one attached hydrogen (secondary N) is 1. The van der Waals surface area contributed by atoms with Gasteiger partial charge in [0, 0.05) is 22.3 Å². The van der Waals surface area contributed by atoms with Crippen molar-refractivity contribution in [3.63, 3.8) is 0 Å². The van der Waals surface area contributed by atoms with Gasteiger partial charge < -0.3 is 10.1 Å². The SMILES string of the molecule is Cc1ccc(Cl)c(OCc2ccc(C(=O)Nc3cc(C)n(Cc4cccc(Cl)c4)n3)cc2)c1. The quantitative estimate of drug-likeness (QED) is 0.321. The Bertz CT molecular complexity index is 1280. The van der Waals surface area contributed by atoms with Crippen LogP contribution >= 0.6 is 23.2 Å². The van der Waals surface area contributed by atoms with Gasteiger partial charge in [-0.2, -0.15) is 5.10 Å². The number of carbonyl (C=O) groups is 1. The monoisotopic (exact) mass is 479 g/mol. The van der Waals surface area contributed by atoms with Crippen LogP contribution in [0.1, 0.15) is 32.7 Å². The Morgan fingerprint density at radius 3 is 2.52 bits per heavy atom. The maximum atomic E-state index is 12.7. The maximum absolute atomic E-state index is 12.7. The maximum Gasteiger partial charge on any atom is 0.256 e. The number of rotatable bonds is 7. The van der Waals surface area contributed by atoms with Crippen LogP contribution in [0.4, 0.5) is 5.82 Å². The van der Waals surface area contributed by atoms with E-state index in [1.54, 1.807) is 12.1 Å². The summed E-state index contributed by atoms with van der Waals surface area (Å²) in [6.45, 7) is 4.86. The fraction of sp³-hybridized carbons (Fsp3) is 0.154. The molecule has 1 amide bonds. The molecule has 0 spiro atoms. The van der Waals surface area contributed by atoms with Crippen LogP contribution in [0.2, 0.25) is 10.0 Å². The second-order valence-electron chi connectivity index (χ2n) is 7.83. The number of ether oxygens (including phenoxy) is 1. The summed E-state index contributed by atoms with van der Waals surface area (Å²) >= 11 is 12.2. The topological polar surface area (TPSA) is 56.1 Å². The number of aromatic nitrogens is 2. The highest BCUT2D eigenvalue weighted by Crippen LogP contribution is 2.26. The summed E-state index contributed by atoms with van der Waals surface area (Å²) in [4.78, 5) is 12.7. The van der Waals surface area contributed by atoms with Gasteiger partial charge in [-0.05, 0) is 66.9 Å². The molecule has 168 valence electrons. The fourth-order valence-electron chi connectivity index (χ4n) is 3.36. The standard InChI is InChI=1S/C26H23Cl2N3O2/c1-17-6-11-23(28)24(12-17)33-16-19-7-9-21(10-8-19)26(32)29-25-13-18(2)31(30-25)15-20-4-3-5-22(27)14-20/h3-14H,15-16H2,1-2H3,(H,29,30,32). The molecular weight excluding hydrogens is 457 g/mol. The highest BCUT2D eigenvalue weighted by Gasteiger charge is 2.11. The third kappa shape index (κ3) is 5.95. The van der Waals surface area contributed by atoms with Crippen LogP contribution in [-0.4, -0.2) is 15.7 Å². The Morgan fingerprint density at radius 1 is 0.970 bits per heavy atom. The normalized spacial score (nSPS) is 10.8. The number of carbonyl (C=O) groups excluding carboxylic acids is 1. The van der Waals surface area contributed by atoms with Crippen molar-refractivity contribution in [3.05, 3.63) is 111 Å². The number of anilines is 1. The molecule has 4 aromatic rings. The summed E-state index contributed by atoms with van der Waals surface area (Å²) < 4.78 is 7.65. The minimum Gasteiger partial charge on any atom is -0.487 e. The lowest BCUT2D eigenvalue weighted by Gasteiger charge is -2.09. The molecule has 0 aliphatic rings. The van der Waals surface area contributed by atoms with Crippen LogP contribution in [0.5, 0.6) is 5.75 Å². The van der Waals surface area contributed by atoms with E-state index in [-0.39, 0.29) is 5.91 Å². The molecule has 1 N–H and O–H groups in total. The van der Waals surface area contributed by atoms with E-state index in [0.29, 0.717) is 40.3 Å². The summed E-state index contributed by atoms with van der Waals surface area (Å²) in [6, 6.07) is 22.4. The third-order valence-corrected chi connectivity index (χ3v) is 5.69. The van der Waals surface area contributed by atoms with Gasteiger partial charge in [-0.1, -0.05) is 53.5 Å². The van der Waals surface area contributed by atoms with Crippen molar-refractivity contribution in [2.75, 3.05) is 5.32 Å². The fourth-order valence-corrected chi connectivity index (χ4v) is 3.75. The Balaban J connectivity index is 1.37. The average molecular weight is 480 g/mol. The number of hydrogen-bond donors (Lipinski definition) is 1. The number of hydrogen-bond acceptors (Lipinski definition) is 3. The van der Waals surface area contributed by atoms with E-state index >= 15 is 0 Å². The van der Waals surface area contributed by atoms with Gasteiger partial charge in [0.1, 0.15) is 12.4 Å². The predicted octanol–water partition coefficient (Wildman–Crippen LogP) is 6.69. The van der Waals surface area contributed by atoms with Crippen molar-refractivity contribution >= 4 is 34.9 Å². The van der Waals surface area contributed by atoms with Gasteiger partial charge in [-0.3, -0.25) is 9.48 Å². The Morgan fingerprint density at radius 2 is 1.76 bits per heavy atom. The average Bonchev–Trinajstić information content (AvgIpc) is 3.13.